The van der Waals surface area contributed by atoms with Crippen LogP contribution in [-0.2, 0) is 4.74 Å². The van der Waals surface area contributed by atoms with Gasteiger partial charge in [-0.15, -0.1) is 0 Å². The average molecular weight is 143 g/mol. The van der Waals surface area contributed by atoms with Gasteiger partial charge in [0.25, 0.3) is 0 Å². The molecule has 2 nitrogen and oxygen atoms in total. The van der Waals surface area contributed by atoms with Crippen molar-refractivity contribution in [1.29, 1.82) is 0 Å². The maximum absolute atomic E-state index is 5.78. The molecule has 10 heavy (non-hydrogen) atoms. The van der Waals surface area contributed by atoms with E-state index < -0.39 is 0 Å². The largest absolute Gasteiger partial charge is 0.378 e. The second kappa shape index (κ2) is 3.35. The fourth-order valence-corrected chi connectivity index (χ4v) is 1.32. The minimum Gasteiger partial charge on any atom is -0.378 e. The lowest BCUT2D eigenvalue weighted by Crippen LogP contribution is -2.37. The molecule has 2 N–H and O–H groups in total. The molecule has 1 saturated heterocycles. The lowest BCUT2D eigenvalue weighted by atomic mass is 9.96. The van der Waals surface area contributed by atoms with Gasteiger partial charge >= 0.3 is 0 Å². The molecular formula is C8H17NO. The number of hydrogen-bond donors (Lipinski definition) is 1. The van der Waals surface area contributed by atoms with Crippen molar-refractivity contribution in [2.24, 2.45) is 11.7 Å². The summed E-state index contributed by atoms with van der Waals surface area (Å²) in [7, 11) is 0. The third kappa shape index (κ3) is 1.96. The Hall–Kier alpha value is -0.0800. The molecule has 0 spiro atoms. The van der Waals surface area contributed by atoms with E-state index in [1.54, 1.807) is 0 Å². The normalized spacial score (nSPS) is 34.8. The Balaban J connectivity index is 2.32. The number of hydrogen-bond acceptors (Lipinski definition) is 2. The molecule has 2 heteroatoms. The van der Waals surface area contributed by atoms with Crippen LogP contribution in [0.2, 0.25) is 0 Å². The van der Waals surface area contributed by atoms with Gasteiger partial charge < -0.3 is 10.5 Å². The highest BCUT2D eigenvalue weighted by molar-refractivity contribution is 4.75. The van der Waals surface area contributed by atoms with E-state index in [1.807, 2.05) is 0 Å². The molecule has 0 radical (unpaired) electrons. The molecule has 1 fully saturated rings. The van der Waals surface area contributed by atoms with E-state index in [-0.39, 0.29) is 0 Å². The van der Waals surface area contributed by atoms with Gasteiger partial charge in [0.2, 0.25) is 0 Å². The first kappa shape index (κ1) is 8.02. The van der Waals surface area contributed by atoms with Gasteiger partial charge in [-0.1, -0.05) is 13.8 Å². The van der Waals surface area contributed by atoms with E-state index in [4.69, 9.17) is 10.5 Å². The summed E-state index contributed by atoms with van der Waals surface area (Å²) in [4.78, 5) is 0. The molecule has 2 unspecified atom stereocenters. The van der Waals surface area contributed by atoms with Gasteiger partial charge in [-0.3, -0.25) is 0 Å². The molecule has 1 aliphatic rings. The average Bonchev–Trinajstić information content (AvgIpc) is 1.88. The van der Waals surface area contributed by atoms with E-state index in [1.165, 1.54) is 0 Å². The highest BCUT2D eigenvalue weighted by Gasteiger charge is 2.21. The Labute approximate surface area is 62.7 Å². The van der Waals surface area contributed by atoms with Crippen LogP contribution in [-0.4, -0.2) is 18.8 Å². The third-order valence-electron chi connectivity index (χ3n) is 2.10. The summed E-state index contributed by atoms with van der Waals surface area (Å²) in [5.74, 6) is 0.617. The van der Waals surface area contributed by atoms with Crippen molar-refractivity contribution in [3.8, 4) is 0 Å². The van der Waals surface area contributed by atoms with Gasteiger partial charge in [0.05, 0.1) is 6.10 Å². The Morgan fingerprint density at radius 2 is 2.20 bits per heavy atom. The molecule has 1 heterocycles. The van der Waals surface area contributed by atoms with Crippen molar-refractivity contribution in [3.05, 3.63) is 0 Å². The van der Waals surface area contributed by atoms with Crippen LogP contribution in [0, 0.1) is 5.92 Å². The number of ether oxygens (including phenoxy) is 1. The Morgan fingerprint density at radius 3 is 2.60 bits per heavy atom. The smallest absolute Gasteiger partial charge is 0.0612 e. The fraction of sp³-hybridized carbons (Fsp3) is 1.00. The van der Waals surface area contributed by atoms with Gasteiger partial charge in [-0.25, -0.2) is 0 Å². The molecule has 0 aromatic heterocycles. The Kier molecular flexibility index (Phi) is 2.69. The van der Waals surface area contributed by atoms with E-state index in [0.29, 0.717) is 18.1 Å². The predicted molar refractivity (Wildman–Crippen MR) is 41.8 cm³/mol. The quantitative estimate of drug-likeness (QED) is 0.597. The summed E-state index contributed by atoms with van der Waals surface area (Å²) in [5.41, 5.74) is 5.78. The van der Waals surface area contributed by atoms with E-state index in [9.17, 15) is 0 Å². The standard InChI is InChI=1S/C8H17NO/c1-6(2)8-5-7(9)3-4-10-8/h6-8H,3-5,9H2,1-2H3. The number of nitrogens with two attached hydrogens (primary N) is 1. The summed E-state index contributed by atoms with van der Waals surface area (Å²) in [6.07, 6.45) is 2.48. The molecule has 0 bridgehead atoms. The molecule has 60 valence electrons. The Bertz CT molecular complexity index is 103. The van der Waals surface area contributed by atoms with E-state index >= 15 is 0 Å². The van der Waals surface area contributed by atoms with Crippen molar-refractivity contribution in [2.75, 3.05) is 6.61 Å². The fourth-order valence-electron chi connectivity index (χ4n) is 1.32. The summed E-state index contributed by atoms with van der Waals surface area (Å²) < 4.78 is 5.53. The van der Waals surface area contributed by atoms with Gasteiger partial charge in [0.15, 0.2) is 0 Å². The van der Waals surface area contributed by atoms with Crippen molar-refractivity contribution in [3.63, 3.8) is 0 Å². The van der Waals surface area contributed by atoms with Crippen LogP contribution < -0.4 is 5.73 Å². The van der Waals surface area contributed by atoms with Gasteiger partial charge in [0, 0.05) is 12.6 Å². The van der Waals surface area contributed by atoms with Crippen LogP contribution in [0.15, 0.2) is 0 Å². The van der Waals surface area contributed by atoms with E-state index in [0.717, 1.165) is 19.4 Å². The lowest BCUT2D eigenvalue weighted by molar-refractivity contribution is -0.0188. The highest BCUT2D eigenvalue weighted by Crippen LogP contribution is 2.18. The van der Waals surface area contributed by atoms with Crippen LogP contribution in [0.4, 0.5) is 0 Å². The summed E-state index contributed by atoms with van der Waals surface area (Å²) in [6.45, 7) is 5.22. The van der Waals surface area contributed by atoms with Crippen LogP contribution in [0.3, 0.4) is 0 Å². The van der Waals surface area contributed by atoms with Crippen molar-refractivity contribution < 1.29 is 4.74 Å². The maximum Gasteiger partial charge on any atom is 0.0612 e. The monoisotopic (exact) mass is 143 g/mol. The van der Waals surface area contributed by atoms with E-state index in [2.05, 4.69) is 13.8 Å². The zero-order valence-corrected chi connectivity index (χ0v) is 6.84. The SMILES string of the molecule is CC(C)C1CC(N)CCO1. The first-order valence-corrected chi connectivity index (χ1v) is 4.07. The van der Waals surface area contributed by atoms with Crippen molar-refractivity contribution in [1.82, 2.24) is 0 Å². The number of rotatable bonds is 1. The molecule has 1 rings (SSSR count). The Morgan fingerprint density at radius 1 is 1.50 bits per heavy atom. The van der Waals surface area contributed by atoms with Crippen LogP contribution >= 0.6 is 0 Å². The van der Waals surface area contributed by atoms with Gasteiger partial charge in [-0.05, 0) is 18.8 Å². The second-order valence-corrected chi connectivity index (χ2v) is 3.44. The molecule has 0 aliphatic carbocycles. The van der Waals surface area contributed by atoms with Crippen molar-refractivity contribution >= 4 is 0 Å². The van der Waals surface area contributed by atoms with Crippen molar-refractivity contribution in [2.45, 2.75) is 38.8 Å². The van der Waals surface area contributed by atoms with Crippen LogP contribution in [0.5, 0.6) is 0 Å². The first-order valence-electron chi connectivity index (χ1n) is 4.07. The molecule has 0 aromatic carbocycles. The molecule has 0 amide bonds. The summed E-state index contributed by atoms with van der Waals surface area (Å²) in [6, 6.07) is 0.376. The summed E-state index contributed by atoms with van der Waals surface area (Å²) >= 11 is 0. The second-order valence-electron chi connectivity index (χ2n) is 3.44. The minimum absolute atomic E-state index is 0.376. The van der Waals surface area contributed by atoms with Gasteiger partial charge in [-0.2, -0.15) is 0 Å². The predicted octanol–water partition coefficient (Wildman–Crippen LogP) is 1.15. The molecule has 2 atom stereocenters. The van der Waals surface area contributed by atoms with Gasteiger partial charge in [0.1, 0.15) is 0 Å². The highest BCUT2D eigenvalue weighted by atomic mass is 16.5. The third-order valence-corrected chi connectivity index (χ3v) is 2.10. The maximum atomic E-state index is 5.78. The molecule has 0 aromatic rings. The first-order chi connectivity index (χ1) is 4.70. The molecular weight excluding hydrogens is 126 g/mol. The van der Waals surface area contributed by atoms with Crippen LogP contribution in [0.1, 0.15) is 26.7 Å². The minimum atomic E-state index is 0.376. The summed E-state index contributed by atoms with van der Waals surface area (Å²) in [5, 5.41) is 0. The lowest BCUT2D eigenvalue weighted by Gasteiger charge is -2.29. The molecule has 1 aliphatic heterocycles. The zero-order chi connectivity index (χ0) is 7.56. The topological polar surface area (TPSA) is 35.2 Å². The zero-order valence-electron chi connectivity index (χ0n) is 6.84. The van der Waals surface area contributed by atoms with Crippen LogP contribution in [0.25, 0.3) is 0 Å². The molecule has 0 saturated carbocycles.